The molecule has 0 unspecified atom stereocenters. The first kappa shape index (κ1) is 131. The largest absolute Gasteiger partial charge is 0.395 e. The van der Waals surface area contributed by atoms with Crippen LogP contribution in [0.4, 0.5) is 5.69 Å². The SMILES string of the molecule is C=CCN(CC=C)C(=O)C(C)(C)CC.C=CCNC(=O)C(C)(C)CC.CCC(C)(C)C(=O)N(C)C.CCC(C)(C)C(=O)NC(C)(C)CC(C)=O.CCC(C)(C)C(=O)NC1CCCCC1.CCC(C)(C)C(=O)NCCO.CCC(C)(C)C(=O)NCCOC.CCC(C)(C)C(=O)NCO.CCC(C)(C)C(=O)NCc1ccccc1.CCC(C)(C)C(=O)Nc1ccccc1. The lowest BCUT2D eigenvalue weighted by Gasteiger charge is -2.30. The number of benzene rings is 2. The van der Waals surface area contributed by atoms with Crippen molar-refractivity contribution in [2.24, 2.45) is 54.1 Å². The van der Waals surface area contributed by atoms with Gasteiger partial charge in [0.25, 0.3) is 0 Å². The van der Waals surface area contributed by atoms with Crippen molar-refractivity contribution in [3.05, 3.63) is 104 Å². The topological polar surface area (TPSA) is 340 Å². The van der Waals surface area contributed by atoms with Crippen molar-refractivity contribution in [2.75, 3.05) is 79.2 Å². The molecular formula is C102H188N10O14. The normalized spacial score (nSPS) is 12.2. The van der Waals surface area contributed by atoms with Crippen molar-refractivity contribution in [2.45, 2.75) is 349 Å². The van der Waals surface area contributed by atoms with Gasteiger partial charge in [-0.25, -0.2) is 0 Å². The average molecular weight is 1780 g/mol. The lowest BCUT2D eigenvalue weighted by Crippen LogP contribution is -2.49. The summed E-state index contributed by atoms with van der Waals surface area (Å²) in [5.41, 5.74) is -1.23. The standard InChI is InChI=1S/C13H19NO.C12H23NO2.C12H23NO.C12H17NO.C12H21NO.C9H19NO2.C9H17NO.C8H17NO2.C8H17NO.C7H15NO2/c1-4-13(2,3)12(15)14-10-11-8-6-5-7-9-11;1-7-11(3,4)10(15)13-12(5,6)8-9(2)14;2*1-4-12(2,3)11(14)13-10-8-6-5-7-9-10;1-6-9-13(10-7-2)11(14)12(4,5)8-3;1-5-9(2,3)8(11)10-6-7-12-4;1-5-7-10-8(11)9(3,4)6-2;1-4-8(2,3)7(11)9-5-6-10;1-6-8(2,3)7(10)9(4)5;1-4-7(2,3)6(10)8-5-9/h5-9H,4,10H2,1-3H3,(H,14,15);7-8H2,1-6H3,(H,13,15);10H,4-9H2,1-3H3,(H,13,14);5-9H,4H2,1-3H3,(H,13,14);6-7H,1-2,8-10H2,3-5H3;5-7H2,1-4H3,(H,10,11);5H,1,6-7H2,2-4H3,(H,10,11);10H,4-6H2,1-3H3,(H,9,11);6H2,1-5H3;9H,4-5H2,1-3H3,(H,8,10). The Morgan fingerprint density at radius 3 is 1.08 bits per heavy atom. The number of nitrogens with one attached hydrogen (secondary N) is 8. The van der Waals surface area contributed by atoms with E-state index in [-0.39, 0.29) is 132 Å². The Bertz CT molecular complexity index is 3390. The second-order valence-electron chi connectivity index (χ2n) is 39.3. The number of Topliss-reactive ketones (excluding diaryl/α,β-unsaturated/α-hetero) is 1. The number of carbonyl (C=O) groups excluding carboxylic acids is 11. The number of rotatable bonds is 39. The van der Waals surface area contributed by atoms with Crippen molar-refractivity contribution >= 4 is 70.5 Å². The van der Waals surface area contributed by atoms with Crippen molar-refractivity contribution in [1.82, 2.24) is 47.0 Å². The highest BCUT2D eigenvalue weighted by atomic mass is 16.5. The molecule has 126 heavy (non-hydrogen) atoms. The molecule has 1 fully saturated rings. The summed E-state index contributed by atoms with van der Waals surface area (Å²) in [6, 6.07) is 19.9. The number of ether oxygens (including phenoxy) is 1. The third-order valence-corrected chi connectivity index (χ3v) is 23.4. The van der Waals surface area contributed by atoms with Gasteiger partial charge in [0.2, 0.25) is 59.1 Å². The molecule has 3 rings (SSSR count). The number of aliphatic hydroxyl groups excluding tert-OH is 2. The molecule has 0 atom stereocenters. The van der Waals surface area contributed by atoms with Crippen LogP contribution in [-0.4, -0.2) is 170 Å². The van der Waals surface area contributed by atoms with E-state index in [1.54, 1.807) is 56.2 Å². The zero-order valence-corrected chi connectivity index (χ0v) is 86.6. The Morgan fingerprint density at radius 1 is 0.413 bits per heavy atom. The van der Waals surface area contributed by atoms with Crippen LogP contribution in [0, 0.1) is 54.1 Å². The Kier molecular flexibility index (Phi) is 69.8. The zero-order chi connectivity index (χ0) is 100.0. The van der Waals surface area contributed by atoms with Gasteiger partial charge in [0.05, 0.1) is 13.2 Å². The summed E-state index contributed by atoms with van der Waals surface area (Å²) in [4.78, 5) is 130. The molecule has 0 aromatic heterocycles. The van der Waals surface area contributed by atoms with Crippen molar-refractivity contribution in [3.63, 3.8) is 0 Å². The molecule has 0 saturated heterocycles. The number of aliphatic hydroxyl groups is 2. The van der Waals surface area contributed by atoms with Gasteiger partial charge in [-0.1, -0.05) is 294 Å². The fraction of sp³-hybridized carbons (Fsp3) is 0.716. The van der Waals surface area contributed by atoms with E-state index in [0.717, 1.165) is 75.5 Å². The number of hydrogen-bond acceptors (Lipinski definition) is 14. The summed E-state index contributed by atoms with van der Waals surface area (Å²) in [5.74, 6) is 1.00. The Balaban J connectivity index is -0.000000251. The van der Waals surface area contributed by atoms with Crippen LogP contribution in [0.15, 0.2) is 98.6 Å². The Morgan fingerprint density at radius 2 is 0.746 bits per heavy atom. The van der Waals surface area contributed by atoms with Gasteiger partial charge in [0.1, 0.15) is 12.5 Å². The highest BCUT2D eigenvalue weighted by Crippen LogP contribution is 2.29. The number of amides is 10. The zero-order valence-electron chi connectivity index (χ0n) is 86.6. The summed E-state index contributed by atoms with van der Waals surface area (Å²) in [5, 5.41) is 39.3. The third-order valence-electron chi connectivity index (χ3n) is 23.4. The molecule has 1 aliphatic carbocycles. The van der Waals surface area contributed by atoms with Crippen LogP contribution in [0.2, 0.25) is 0 Å². The van der Waals surface area contributed by atoms with Crippen molar-refractivity contribution < 1.29 is 67.7 Å². The molecule has 10 amide bonds. The number of hydrogen-bond donors (Lipinski definition) is 10. The molecular weight excluding hydrogens is 1590 g/mol. The first-order chi connectivity index (χ1) is 57.9. The van der Waals surface area contributed by atoms with Crippen LogP contribution < -0.4 is 42.5 Å². The lowest BCUT2D eigenvalue weighted by molar-refractivity contribution is -0.139. The number of nitrogens with zero attached hydrogens (tertiary/aromatic N) is 2. The van der Waals surface area contributed by atoms with Gasteiger partial charge in [-0.2, -0.15) is 0 Å². The highest BCUT2D eigenvalue weighted by molar-refractivity contribution is 5.95. The van der Waals surface area contributed by atoms with E-state index in [1.807, 2.05) is 275 Å². The maximum atomic E-state index is 12.0. The maximum absolute atomic E-state index is 12.0. The Labute approximate surface area is 768 Å². The smallest absolute Gasteiger partial charge is 0.230 e. The summed E-state index contributed by atoms with van der Waals surface area (Å²) in [7, 11) is 5.20. The van der Waals surface area contributed by atoms with Crippen LogP contribution in [0.5, 0.6) is 0 Å². The van der Waals surface area contributed by atoms with Crippen LogP contribution >= 0.6 is 0 Å². The molecule has 0 heterocycles. The summed E-state index contributed by atoms with van der Waals surface area (Å²) >= 11 is 0. The number of carbonyl (C=O) groups is 11. The number of methoxy groups -OCH3 is 1. The molecule has 0 bridgehead atoms. The number of para-hydroxylation sites is 1. The predicted molar refractivity (Wildman–Crippen MR) is 526 cm³/mol. The molecule has 730 valence electrons. The van der Waals surface area contributed by atoms with Crippen molar-refractivity contribution in [1.29, 1.82) is 0 Å². The average Bonchev–Trinajstić information content (AvgIpc) is 0.853. The quantitative estimate of drug-likeness (QED) is 0.0169. The molecule has 1 saturated carbocycles. The van der Waals surface area contributed by atoms with E-state index in [4.69, 9.17) is 14.9 Å². The second kappa shape index (κ2) is 67.2. The monoisotopic (exact) mass is 1780 g/mol. The minimum absolute atomic E-state index is 0.00549. The minimum Gasteiger partial charge on any atom is -0.395 e. The predicted octanol–water partition coefficient (Wildman–Crippen LogP) is 19.0. The van der Waals surface area contributed by atoms with Crippen LogP contribution in [-0.2, 0) is 64.0 Å². The van der Waals surface area contributed by atoms with Crippen LogP contribution in [0.25, 0.3) is 0 Å². The van der Waals surface area contributed by atoms with Gasteiger partial charge in [-0.3, -0.25) is 52.7 Å². The van der Waals surface area contributed by atoms with Crippen LogP contribution in [0.3, 0.4) is 0 Å². The summed E-state index contributed by atoms with van der Waals surface area (Å²) < 4.78 is 4.82. The molecule has 2 aromatic rings. The van der Waals surface area contributed by atoms with Gasteiger partial charge in [-0.05, 0) is 116 Å². The van der Waals surface area contributed by atoms with E-state index in [1.165, 1.54) is 32.1 Å². The van der Waals surface area contributed by atoms with E-state index in [2.05, 4.69) is 69.2 Å². The maximum Gasteiger partial charge on any atom is 0.230 e. The van der Waals surface area contributed by atoms with Crippen molar-refractivity contribution in [3.8, 4) is 0 Å². The first-order valence-electron chi connectivity index (χ1n) is 45.9. The Hall–Kier alpha value is -8.09. The van der Waals surface area contributed by atoms with Gasteiger partial charge in [0, 0.05) is 138 Å². The molecule has 0 spiro atoms. The number of ketones is 1. The summed E-state index contributed by atoms with van der Waals surface area (Å²) in [6.45, 7) is 78.6. The van der Waals surface area contributed by atoms with Gasteiger partial charge >= 0.3 is 0 Å². The summed E-state index contributed by atoms with van der Waals surface area (Å²) in [6.07, 6.45) is 20.2. The molecule has 0 radical (unpaired) electrons. The van der Waals surface area contributed by atoms with Gasteiger partial charge < -0.3 is 67.3 Å². The molecule has 0 aliphatic heterocycles. The lowest BCUT2D eigenvalue weighted by atomic mass is 9.87. The van der Waals surface area contributed by atoms with E-state index >= 15 is 0 Å². The van der Waals surface area contributed by atoms with E-state index in [0.29, 0.717) is 58.3 Å². The van der Waals surface area contributed by atoms with E-state index < -0.39 is 5.54 Å². The molecule has 10 N–H and O–H groups in total. The molecule has 24 heteroatoms. The fourth-order valence-electron chi connectivity index (χ4n) is 9.41. The van der Waals surface area contributed by atoms with Gasteiger partial charge in [-0.15, -0.1) is 19.7 Å². The molecule has 2 aromatic carbocycles. The van der Waals surface area contributed by atoms with Gasteiger partial charge in [0.15, 0.2) is 0 Å². The molecule has 24 nitrogen and oxygen atoms in total. The fourth-order valence-corrected chi connectivity index (χ4v) is 9.41. The number of anilines is 1. The molecule has 1 aliphatic rings. The highest BCUT2D eigenvalue weighted by Gasteiger charge is 2.34. The first-order valence-corrected chi connectivity index (χ1v) is 45.9. The third kappa shape index (κ3) is 60.6. The van der Waals surface area contributed by atoms with E-state index in [9.17, 15) is 52.7 Å². The minimum atomic E-state index is -0.449. The van der Waals surface area contributed by atoms with Crippen LogP contribution in [0.1, 0.15) is 337 Å². The second-order valence-corrected chi connectivity index (χ2v) is 39.3.